The molecule has 130 valence electrons. The summed E-state index contributed by atoms with van der Waals surface area (Å²) in [4.78, 5) is 0.343. The number of nitrogens with one attached hydrogen (secondary N) is 1. The van der Waals surface area contributed by atoms with Crippen LogP contribution in [0.3, 0.4) is 0 Å². The van der Waals surface area contributed by atoms with E-state index in [9.17, 15) is 8.42 Å². The molecular formula is C19H25NO3S. The summed E-state index contributed by atoms with van der Waals surface area (Å²) in [5, 5.41) is 3.46. The van der Waals surface area contributed by atoms with E-state index in [1.807, 2.05) is 32.0 Å². The largest absolute Gasteiger partial charge is 0.494 e. The predicted octanol–water partition coefficient (Wildman–Crippen LogP) is 3.65. The minimum atomic E-state index is -3.15. The molecule has 0 amide bonds. The van der Waals surface area contributed by atoms with Gasteiger partial charge in [0.15, 0.2) is 9.84 Å². The number of rotatable bonds is 7. The maximum atomic E-state index is 11.5. The minimum absolute atomic E-state index is 0.106. The lowest BCUT2D eigenvalue weighted by molar-refractivity contribution is 0.334. The van der Waals surface area contributed by atoms with Crippen molar-refractivity contribution in [3.8, 4) is 5.75 Å². The Morgan fingerprint density at radius 1 is 1.12 bits per heavy atom. The molecular weight excluding hydrogens is 322 g/mol. The van der Waals surface area contributed by atoms with Crippen LogP contribution in [0.25, 0.3) is 0 Å². The first-order valence-corrected chi connectivity index (χ1v) is 9.96. The van der Waals surface area contributed by atoms with E-state index in [0.29, 0.717) is 18.0 Å². The van der Waals surface area contributed by atoms with Crippen LogP contribution in [0.2, 0.25) is 0 Å². The molecule has 0 unspecified atom stereocenters. The van der Waals surface area contributed by atoms with E-state index in [2.05, 4.69) is 24.4 Å². The van der Waals surface area contributed by atoms with Gasteiger partial charge in [0.1, 0.15) is 5.75 Å². The van der Waals surface area contributed by atoms with Gasteiger partial charge in [-0.15, -0.1) is 0 Å². The zero-order chi connectivity index (χ0) is 17.7. The van der Waals surface area contributed by atoms with E-state index in [4.69, 9.17) is 4.74 Å². The molecule has 0 aliphatic carbocycles. The second kappa shape index (κ2) is 7.81. The highest BCUT2D eigenvalue weighted by molar-refractivity contribution is 7.90. The second-order valence-corrected chi connectivity index (χ2v) is 8.00. The number of hydrogen-bond donors (Lipinski definition) is 1. The van der Waals surface area contributed by atoms with Gasteiger partial charge in [-0.1, -0.05) is 24.3 Å². The van der Waals surface area contributed by atoms with Gasteiger partial charge in [0, 0.05) is 24.4 Å². The third-order valence-electron chi connectivity index (χ3n) is 3.93. The molecule has 0 spiro atoms. The summed E-state index contributed by atoms with van der Waals surface area (Å²) in [6.45, 7) is 7.41. The van der Waals surface area contributed by atoms with E-state index >= 15 is 0 Å². The van der Waals surface area contributed by atoms with Gasteiger partial charge in [-0.25, -0.2) is 8.42 Å². The maximum absolute atomic E-state index is 11.5. The van der Waals surface area contributed by atoms with Crippen LogP contribution in [0.4, 0.5) is 0 Å². The number of benzene rings is 2. The average molecular weight is 347 g/mol. The third kappa shape index (κ3) is 4.82. The van der Waals surface area contributed by atoms with E-state index in [-0.39, 0.29) is 6.04 Å². The molecule has 0 saturated carbocycles. The molecule has 0 aliphatic heterocycles. The summed E-state index contributed by atoms with van der Waals surface area (Å²) in [5.41, 5.74) is 3.33. The number of ether oxygens (including phenoxy) is 1. The van der Waals surface area contributed by atoms with Crippen molar-refractivity contribution in [1.82, 2.24) is 5.32 Å². The van der Waals surface area contributed by atoms with Crippen LogP contribution in [0.1, 0.15) is 36.6 Å². The second-order valence-electron chi connectivity index (χ2n) is 5.99. The lowest BCUT2D eigenvalue weighted by Crippen LogP contribution is -2.18. The van der Waals surface area contributed by atoms with E-state index < -0.39 is 9.84 Å². The van der Waals surface area contributed by atoms with Gasteiger partial charge in [-0.2, -0.15) is 0 Å². The molecule has 2 aromatic carbocycles. The van der Waals surface area contributed by atoms with Gasteiger partial charge in [0.05, 0.1) is 11.5 Å². The summed E-state index contributed by atoms with van der Waals surface area (Å²) in [6.07, 6.45) is 1.22. The van der Waals surface area contributed by atoms with Crippen molar-refractivity contribution in [3.05, 3.63) is 59.2 Å². The maximum Gasteiger partial charge on any atom is 0.175 e. The molecule has 24 heavy (non-hydrogen) atoms. The monoisotopic (exact) mass is 347 g/mol. The normalized spacial score (nSPS) is 12.8. The van der Waals surface area contributed by atoms with Gasteiger partial charge >= 0.3 is 0 Å². The molecule has 0 heterocycles. The average Bonchev–Trinajstić information content (AvgIpc) is 2.53. The van der Waals surface area contributed by atoms with Crippen LogP contribution in [0, 0.1) is 6.92 Å². The molecule has 1 N–H and O–H groups in total. The lowest BCUT2D eigenvalue weighted by Gasteiger charge is -2.17. The van der Waals surface area contributed by atoms with Gasteiger partial charge in [-0.05, 0) is 50.1 Å². The fourth-order valence-electron chi connectivity index (χ4n) is 2.48. The Bertz CT molecular complexity index is 783. The molecule has 5 heteroatoms. The molecule has 0 saturated heterocycles. The smallest absolute Gasteiger partial charge is 0.175 e. The quantitative estimate of drug-likeness (QED) is 0.831. The zero-order valence-electron chi connectivity index (χ0n) is 14.7. The number of aryl methyl sites for hydroxylation is 1. The van der Waals surface area contributed by atoms with Crippen molar-refractivity contribution in [3.63, 3.8) is 0 Å². The molecule has 0 radical (unpaired) electrons. The van der Waals surface area contributed by atoms with E-state index in [1.54, 1.807) is 12.1 Å². The van der Waals surface area contributed by atoms with Gasteiger partial charge in [0.25, 0.3) is 0 Å². The molecule has 0 aliphatic rings. The fraction of sp³-hybridized carbons (Fsp3) is 0.368. The van der Waals surface area contributed by atoms with Gasteiger partial charge in [0.2, 0.25) is 0 Å². The molecule has 2 rings (SSSR count). The van der Waals surface area contributed by atoms with Crippen LogP contribution in [0.5, 0.6) is 5.75 Å². The Balaban J connectivity index is 2.07. The van der Waals surface area contributed by atoms with Crippen LogP contribution in [-0.2, 0) is 16.4 Å². The summed E-state index contributed by atoms with van der Waals surface area (Å²) in [5.74, 6) is 0.907. The first kappa shape index (κ1) is 18.5. The van der Waals surface area contributed by atoms with E-state index in [0.717, 1.165) is 16.9 Å². The Morgan fingerprint density at radius 3 is 2.38 bits per heavy atom. The van der Waals surface area contributed by atoms with Crippen molar-refractivity contribution in [1.29, 1.82) is 0 Å². The number of hydrogen-bond acceptors (Lipinski definition) is 4. The first-order chi connectivity index (χ1) is 11.3. The summed E-state index contributed by atoms with van der Waals surface area (Å²) in [7, 11) is -3.15. The molecule has 1 atom stereocenters. The Hall–Kier alpha value is -1.85. The van der Waals surface area contributed by atoms with Gasteiger partial charge < -0.3 is 10.1 Å². The summed E-state index contributed by atoms with van der Waals surface area (Å²) in [6, 6.07) is 13.3. The molecule has 0 fully saturated rings. The van der Waals surface area contributed by atoms with Crippen molar-refractivity contribution in [2.24, 2.45) is 0 Å². The standard InChI is InChI=1S/C19H25NO3S/c1-5-23-19-12-14(2)6-7-17(19)13-20-15(3)16-8-10-18(11-9-16)24(4,21)22/h6-12,15,20H,5,13H2,1-4H3/t15-/m1/s1. The first-order valence-electron chi connectivity index (χ1n) is 8.07. The van der Waals surface area contributed by atoms with Crippen molar-refractivity contribution in [2.45, 2.75) is 38.3 Å². The predicted molar refractivity (Wildman–Crippen MR) is 97.2 cm³/mol. The Labute approximate surface area is 144 Å². The van der Waals surface area contributed by atoms with Crippen LogP contribution >= 0.6 is 0 Å². The molecule has 2 aromatic rings. The molecule has 4 nitrogen and oxygen atoms in total. The Morgan fingerprint density at radius 2 is 1.79 bits per heavy atom. The minimum Gasteiger partial charge on any atom is -0.494 e. The van der Waals surface area contributed by atoms with Crippen molar-refractivity contribution >= 4 is 9.84 Å². The SMILES string of the molecule is CCOc1cc(C)ccc1CN[C@H](C)c1ccc(S(C)(=O)=O)cc1. The molecule has 0 bridgehead atoms. The van der Waals surface area contributed by atoms with Crippen LogP contribution in [0.15, 0.2) is 47.4 Å². The molecule has 0 aromatic heterocycles. The topological polar surface area (TPSA) is 55.4 Å². The summed E-state index contributed by atoms with van der Waals surface area (Å²) >= 11 is 0. The van der Waals surface area contributed by atoms with E-state index in [1.165, 1.54) is 11.8 Å². The Kier molecular flexibility index (Phi) is 6.02. The van der Waals surface area contributed by atoms with Crippen LogP contribution < -0.4 is 10.1 Å². The number of sulfone groups is 1. The highest BCUT2D eigenvalue weighted by atomic mass is 32.2. The zero-order valence-corrected chi connectivity index (χ0v) is 15.5. The van der Waals surface area contributed by atoms with Crippen LogP contribution in [-0.4, -0.2) is 21.3 Å². The lowest BCUT2D eigenvalue weighted by atomic mass is 10.1. The van der Waals surface area contributed by atoms with Crippen molar-refractivity contribution in [2.75, 3.05) is 12.9 Å². The fourth-order valence-corrected chi connectivity index (χ4v) is 3.11. The highest BCUT2D eigenvalue weighted by Gasteiger charge is 2.10. The highest BCUT2D eigenvalue weighted by Crippen LogP contribution is 2.22. The van der Waals surface area contributed by atoms with Gasteiger partial charge in [-0.3, -0.25) is 0 Å². The third-order valence-corrected chi connectivity index (χ3v) is 5.06. The van der Waals surface area contributed by atoms with Crippen molar-refractivity contribution < 1.29 is 13.2 Å². The summed E-state index contributed by atoms with van der Waals surface area (Å²) < 4.78 is 28.7.